The maximum Gasteiger partial charge on any atom is 0.344 e. The van der Waals surface area contributed by atoms with Gasteiger partial charge in [0.15, 0.2) is 0 Å². The summed E-state index contributed by atoms with van der Waals surface area (Å²) in [6.45, 7) is 2.01. The van der Waals surface area contributed by atoms with Gasteiger partial charge in [0, 0.05) is 4.90 Å². The number of hydrogen-bond acceptors (Lipinski definition) is 6. The third kappa shape index (κ3) is 5.36. The van der Waals surface area contributed by atoms with Crippen molar-refractivity contribution in [3.05, 3.63) is 59.7 Å². The van der Waals surface area contributed by atoms with Gasteiger partial charge >= 0.3 is 11.9 Å². The van der Waals surface area contributed by atoms with Gasteiger partial charge in [0.1, 0.15) is 5.75 Å². The third-order valence-electron chi connectivity index (χ3n) is 3.05. The predicted octanol–water partition coefficient (Wildman–Crippen LogP) is 2.66. The van der Waals surface area contributed by atoms with Crippen molar-refractivity contribution in [2.45, 2.75) is 11.8 Å². The first-order chi connectivity index (χ1) is 12.0. The Morgan fingerprint density at radius 1 is 1.00 bits per heavy atom. The van der Waals surface area contributed by atoms with E-state index in [1.54, 1.807) is 31.2 Å². The molecule has 0 spiro atoms. The minimum Gasteiger partial charge on any atom is -0.462 e. The maximum atomic E-state index is 12.4. The summed E-state index contributed by atoms with van der Waals surface area (Å²) < 4.78 is 10.2. The van der Waals surface area contributed by atoms with Crippen LogP contribution in [0.3, 0.4) is 0 Å². The van der Waals surface area contributed by atoms with Crippen molar-refractivity contribution in [1.29, 1.82) is 0 Å². The number of primary amides is 1. The molecule has 0 aliphatic carbocycles. The van der Waals surface area contributed by atoms with Gasteiger partial charge in [-0.25, -0.2) is 9.59 Å². The fourth-order valence-electron chi connectivity index (χ4n) is 1.95. The summed E-state index contributed by atoms with van der Waals surface area (Å²) in [7, 11) is 0. The van der Waals surface area contributed by atoms with Crippen molar-refractivity contribution in [1.82, 2.24) is 0 Å². The van der Waals surface area contributed by atoms with Gasteiger partial charge in [-0.3, -0.25) is 4.79 Å². The van der Waals surface area contributed by atoms with E-state index in [1.165, 1.54) is 36.0 Å². The molecule has 130 valence electrons. The van der Waals surface area contributed by atoms with Gasteiger partial charge in [-0.05, 0) is 43.3 Å². The Morgan fingerprint density at radius 2 is 1.68 bits per heavy atom. The van der Waals surface area contributed by atoms with Crippen LogP contribution in [0.1, 0.15) is 27.6 Å². The van der Waals surface area contributed by atoms with Crippen LogP contribution in [0.5, 0.6) is 5.75 Å². The fourth-order valence-corrected chi connectivity index (χ4v) is 2.72. The van der Waals surface area contributed by atoms with Gasteiger partial charge in [-0.2, -0.15) is 0 Å². The molecule has 0 unspecified atom stereocenters. The largest absolute Gasteiger partial charge is 0.462 e. The Hall–Kier alpha value is -2.80. The molecule has 0 aliphatic heterocycles. The van der Waals surface area contributed by atoms with Gasteiger partial charge in [0.25, 0.3) is 0 Å². The molecule has 0 aliphatic rings. The lowest BCUT2D eigenvalue weighted by molar-refractivity contribution is -0.115. The molecule has 2 aromatic carbocycles. The van der Waals surface area contributed by atoms with Crippen LogP contribution in [0.25, 0.3) is 0 Å². The number of hydrogen-bond donors (Lipinski definition) is 1. The summed E-state index contributed by atoms with van der Waals surface area (Å²) in [6, 6.07) is 12.9. The van der Waals surface area contributed by atoms with E-state index in [1.807, 2.05) is 0 Å². The quantitative estimate of drug-likeness (QED) is 0.464. The molecule has 2 rings (SSSR count). The molecule has 0 saturated carbocycles. The lowest BCUT2D eigenvalue weighted by Crippen LogP contribution is -2.14. The zero-order valence-corrected chi connectivity index (χ0v) is 14.4. The Labute approximate surface area is 149 Å². The number of rotatable bonds is 7. The smallest absolute Gasteiger partial charge is 0.344 e. The predicted molar refractivity (Wildman–Crippen MR) is 93.7 cm³/mol. The summed E-state index contributed by atoms with van der Waals surface area (Å²) in [5.74, 6) is -1.10. The lowest BCUT2D eigenvalue weighted by atomic mass is 10.2. The highest BCUT2D eigenvalue weighted by Crippen LogP contribution is 2.24. The van der Waals surface area contributed by atoms with Crippen LogP contribution in [0.2, 0.25) is 0 Å². The number of benzene rings is 2. The Bertz CT molecular complexity index is 773. The summed E-state index contributed by atoms with van der Waals surface area (Å²) in [4.78, 5) is 35.5. The topological polar surface area (TPSA) is 95.7 Å². The second kappa shape index (κ2) is 8.89. The summed E-state index contributed by atoms with van der Waals surface area (Å²) >= 11 is 1.17. The second-order valence-electron chi connectivity index (χ2n) is 4.89. The molecule has 1 amide bonds. The first-order valence-corrected chi connectivity index (χ1v) is 8.49. The average Bonchev–Trinajstić information content (AvgIpc) is 2.61. The molecule has 25 heavy (non-hydrogen) atoms. The zero-order valence-electron chi connectivity index (χ0n) is 13.6. The molecule has 0 atom stereocenters. The van der Waals surface area contributed by atoms with Crippen LogP contribution in [-0.4, -0.2) is 30.2 Å². The monoisotopic (exact) mass is 359 g/mol. The molecule has 6 nitrogen and oxygen atoms in total. The molecule has 0 fully saturated rings. The molecule has 0 heterocycles. The first-order valence-electron chi connectivity index (χ1n) is 7.50. The van der Waals surface area contributed by atoms with E-state index in [9.17, 15) is 14.4 Å². The molecule has 7 heteroatoms. The van der Waals surface area contributed by atoms with Crippen molar-refractivity contribution in [3.8, 4) is 5.75 Å². The van der Waals surface area contributed by atoms with Gasteiger partial charge in [0.2, 0.25) is 5.91 Å². The van der Waals surface area contributed by atoms with Crippen LogP contribution in [0, 0.1) is 0 Å². The van der Waals surface area contributed by atoms with Crippen molar-refractivity contribution in [2.24, 2.45) is 5.73 Å². The highest BCUT2D eigenvalue weighted by Gasteiger charge is 2.15. The van der Waals surface area contributed by atoms with E-state index in [0.717, 1.165) is 0 Å². The molecule has 2 aromatic rings. The highest BCUT2D eigenvalue weighted by atomic mass is 32.2. The van der Waals surface area contributed by atoms with Crippen molar-refractivity contribution in [3.63, 3.8) is 0 Å². The summed E-state index contributed by atoms with van der Waals surface area (Å²) in [5.41, 5.74) is 5.85. The SMILES string of the molecule is CCOC(=O)c1ccc(OC(=O)c2ccccc2SCC(N)=O)cc1. The zero-order chi connectivity index (χ0) is 18.2. The van der Waals surface area contributed by atoms with Crippen LogP contribution in [-0.2, 0) is 9.53 Å². The van der Waals surface area contributed by atoms with Gasteiger partial charge in [-0.1, -0.05) is 12.1 Å². The van der Waals surface area contributed by atoms with Crippen LogP contribution >= 0.6 is 11.8 Å². The summed E-state index contributed by atoms with van der Waals surface area (Å²) in [5, 5.41) is 0. The van der Waals surface area contributed by atoms with E-state index < -0.39 is 17.8 Å². The molecule has 0 radical (unpaired) electrons. The average molecular weight is 359 g/mol. The van der Waals surface area contributed by atoms with E-state index in [0.29, 0.717) is 21.8 Å². The third-order valence-corrected chi connectivity index (χ3v) is 4.15. The Morgan fingerprint density at radius 3 is 2.32 bits per heavy atom. The fraction of sp³-hybridized carbons (Fsp3) is 0.167. The molecule has 0 saturated heterocycles. The number of nitrogens with two attached hydrogens (primary N) is 1. The van der Waals surface area contributed by atoms with Crippen molar-refractivity contribution in [2.75, 3.05) is 12.4 Å². The van der Waals surface area contributed by atoms with Crippen molar-refractivity contribution >= 4 is 29.6 Å². The number of esters is 2. The van der Waals surface area contributed by atoms with E-state index in [4.69, 9.17) is 15.2 Å². The molecular weight excluding hydrogens is 342 g/mol. The molecule has 0 aromatic heterocycles. The number of carbonyl (C=O) groups excluding carboxylic acids is 3. The first kappa shape index (κ1) is 18.5. The Balaban J connectivity index is 2.09. The van der Waals surface area contributed by atoms with Crippen LogP contribution in [0.15, 0.2) is 53.4 Å². The van der Waals surface area contributed by atoms with Crippen LogP contribution < -0.4 is 10.5 Å². The lowest BCUT2D eigenvalue weighted by Gasteiger charge is -2.09. The number of amides is 1. The van der Waals surface area contributed by atoms with Gasteiger partial charge < -0.3 is 15.2 Å². The van der Waals surface area contributed by atoms with E-state index in [-0.39, 0.29) is 12.4 Å². The summed E-state index contributed by atoms with van der Waals surface area (Å²) in [6.07, 6.45) is 0. The van der Waals surface area contributed by atoms with Crippen molar-refractivity contribution < 1.29 is 23.9 Å². The number of carbonyl (C=O) groups is 3. The van der Waals surface area contributed by atoms with Gasteiger partial charge in [-0.15, -0.1) is 11.8 Å². The van der Waals surface area contributed by atoms with Gasteiger partial charge in [0.05, 0.1) is 23.5 Å². The van der Waals surface area contributed by atoms with Crippen LogP contribution in [0.4, 0.5) is 0 Å². The number of ether oxygens (including phenoxy) is 2. The minimum absolute atomic E-state index is 0.0680. The minimum atomic E-state index is -0.559. The second-order valence-corrected chi connectivity index (χ2v) is 5.90. The molecule has 2 N–H and O–H groups in total. The number of thioether (sulfide) groups is 1. The highest BCUT2D eigenvalue weighted by molar-refractivity contribution is 8.00. The standard InChI is InChI=1S/C18H17NO5S/c1-2-23-17(21)12-7-9-13(10-8-12)24-18(22)14-5-3-4-6-15(14)25-11-16(19)20/h3-10H,2,11H2,1H3,(H2,19,20). The van der Waals surface area contributed by atoms with E-state index >= 15 is 0 Å². The normalized spacial score (nSPS) is 10.1. The molecule has 0 bridgehead atoms. The molecular formula is C18H17NO5S. The maximum absolute atomic E-state index is 12.4. The Kier molecular flexibility index (Phi) is 6.59. The van der Waals surface area contributed by atoms with E-state index in [2.05, 4.69) is 0 Å².